The second kappa shape index (κ2) is 8.37. The van der Waals surface area contributed by atoms with Gasteiger partial charge >= 0.3 is 5.76 Å². The molecule has 0 radical (unpaired) electrons. The minimum absolute atomic E-state index is 0.209. The molecule has 1 aliphatic rings. The summed E-state index contributed by atoms with van der Waals surface area (Å²) in [4.78, 5) is 15.0. The highest BCUT2D eigenvalue weighted by atomic mass is 32.1. The van der Waals surface area contributed by atoms with Crippen molar-refractivity contribution in [1.82, 2.24) is 15.6 Å². The number of ether oxygens (including phenoxy) is 2. The van der Waals surface area contributed by atoms with Crippen LogP contribution in [0.25, 0.3) is 16.3 Å². The number of aromatic nitrogens is 2. The lowest BCUT2D eigenvalue weighted by molar-refractivity contribution is -0.880. The summed E-state index contributed by atoms with van der Waals surface area (Å²) in [5.74, 6) is 1.71. The van der Waals surface area contributed by atoms with E-state index in [0.717, 1.165) is 20.4 Å². The molecule has 10 nitrogen and oxygen atoms in total. The van der Waals surface area contributed by atoms with Gasteiger partial charge in [-0.2, -0.15) is 0 Å². The van der Waals surface area contributed by atoms with Crippen molar-refractivity contribution in [2.24, 2.45) is 5.10 Å². The smallest absolute Gasteiger partial charge is 0.434 e. The molecule has 3 N–H and O–H groups in total. The maximum atomic E-state index is 11.3. The standard InChI is InChI=1S/C17H20N6O4S2/c1-4-25-11-6-9(3)28-13(11)15-18-22-23(21-15)8-10-7-12(26-5-2)14(29-10)16-19-20-17(24)27-16/h6-7,23H,4-5,8H2,1-3H3,(H,18,21)(H,20,24). The Kier molecular flexibility index (Phi) is 5.67. The highest BCUT2D eigenvalue weighted by molar-refractivity contribution is 7.15. The number of nitrogens with one attached hydrogen (secondary N) is 3. The van der Waals surface area contributed by atoms with Crippen LogP contribution in [0, 0.1) is 6.92 Å². The Labute approximate surface area is 174 Å². The molecule has 3 aromatic rings. The molecule has 0 fully saturated rings. The van der Waals surface area contributed by atoms with Gasteiger partial charge in [0.15, 0.2) is 5.84 Å². The molecule has 12 heteroatoms. The summed E-state index contributed by atoms with van der Waals surface area (Å²) in [6, 6.07) is 3.90. The predicted molar refractivity (Wildman–Crippen MR) is 110 cm³/mol. The molecule has 4 rings (SSSR count). The number of nitrogens with zero attached hydrogens (tertiary/aromatic N) is 3. The van der Waals surface area contributed by atoms with Gasteiger partial charge in [-0.05, 0) is 26.8 Å². The van der Waals surface area contributed by atoms with Crippen LogP contribution in [0.2, 0.25) is 0 Å². The fourth-order valence-electron chi connectivity index (χ4n) is 2.80. The lowest BCUT2D eigenvalue weighted by atomic mass is 10.3. The molecule has 0 spiro atoms. The summed E-state index contributed by atoms with van der Waals surface area (Å²) in [5.41, 5.74) is 7.35. The zero-order valence-electron chi connectivity index (χ0n) is 16.1. The summed E-state index contributed by atoms with van der Waals surface area (Å²) < 4.78 is 16.4. The highest BCUT2D eigenvalue weighted by Crippen LogP contribution is 2.37. The number of aromatic amines is 1. The molecule has 29 heavy (non-hydrogen) atoms. The number of hydrogen-bond acceptors (Lipinski definition) is 9. The third-order valence-corrected chi connectivity index (χ3v) is 6.02. The number of aryl methyl sites for hydroxylation is 1. The van der Waals surface area contributed by atoms with E-state index >= 15 is 0 Å². The van der Waals surface area contributed by atoms with Crippen molar-refractivity contribution in [1.29, 1.82) is 0 Å². The molecule has 1 aliphatic heterocycles. The minimum Gasteiger partial charge on any atom is -0.492 e. The number of thiophene rings is 2. The van der Waals surface area contributed by atoms with E-state index in [-0.39, 0.29) is 5.89 Å². The van der Waals surface area contributed by atoms with Gasteiger partial charge in [0.25, 0.3) is 5.89 Å². The van der Waals surface area contributed by atoms with E-state index in [0.29, 0.717) is 41.3 Å². The Morgan fingerprint density at radius 2 is 1.93 bits per heavy atom. The first-order valence-corrected chi connectivity index (χ1v) is 10.7. The van der Waals surface area contributed by atoms with Crippen LogP contribution in [0.4, 0.5) is 0 Å². The molecule has 0 aliphatic carbocycles. The van der Waals surface area contributed by atoms with Crippen LogP contribution < -0.4 is 25.8 Å². The molecule has 0 bridgehead atoms. The Bertz CT molecular complexity index is 1080. The molecule has 1 atom stereocenters. The third kappa shape index (κ3) is 4.19. The van der Waals surface area contributed by atoms with Gasteiger partial charge in [-0.3, -0.25) is 5.12 Å². The summed E-state index contributed by atoms with van der Waals surface area (Å²) in [6.07, 6.45) is 0. The van der Waals surface area contributed by atoms with E-state index in [1.165, 1.54) is 11.3 Å². The van der Waals surface area contributed by atoms with Crippen LogP contribution in [0.1, 0.15) is 28.5 Å². The monoisotopic (exact) mass is 436 g/mol. The van der Waals surface area contributed by atoms with Crippen molar-refractivity contribution in [2.45, 2.75) is 27.3 Å². The first-order chi connectivity index (χ1) is 14.1. The average Bonchev–Trinajstić information content (AvgIpc) is 3.44. The van der Waals surface area contributed by atoms with Gasteiger partial charge in [-0.15, -0.1) is 27.8 Å². The largest absolute Gasteiger partial charge is 0.492 e. The van der Waals surface area contributed by atoms with E-state index in [9.17, 15) is 4.79 Å². The number of quaternary nitrogens is 1. The lowest BCUT2D eigenvalue weighted by Crippen LogP contribution is -3.00. The van der Waals surface area contributed by atoms with E-state index in [1.54, 1.807) is 11.3 Å². The number of H-pyrrole nitrogens is 1. The van der Waals surface area contributed by atoms with Crippen molar-refractivity contribution < 1.29 is 19.0 Å². The molecular formula is C17H20N6O4S2. The lowest BCUT2D eigenvalue weighted by Gasteiger charge is -2.16. The Hall–Kier alpha value is -2.67. The maximum Gasteiger partial charge on any atom is 0.434 e. The van der Waals surface area contributed by atoms with Crippen molar-refractivity contribution in [2.75, 3.05) is 13.2 Å². The van der Waals surface area contributed by atoms with Crippen LogP contribution in [-0.4, -0.2) is 29.2 Å². The van der Waals surface area contributed by atoms with Crippen molar-refractivity contribution in [3.05, 3.63) is 42.8 Å². The van der Waals surface area contributed by atoms with Crippen LogP contribution in [0.3, 0.4) is 0 Å². The summed E-state index contributed by atoms with van der Waals surface area (Å²) >= 11 is 3.03. The highest BCUT2D eigenvalue weighted by Gasteiger charge is 2.22. The number of rotatable bonds is 8. The molecular weight excluding hydrogens is 416 g/mol. The van der Waals surface area contributed by atoms with Gasteiger partial charge < -0.3 is 24.9 Å². The van der Waals surface area contributed by atoms with Crippen LogP contribution in [-0.2, 0) is 6.54 Å². The van der Waals surface area contributed by atoms with Crippen molar-refractivity contribution in [3.8, 4) is 22.3 Å². The summed E-state index contributed by atoms with van der Waals surface area (Å²) in [7, 11) is 0. The van der Waals surface area contributed by atoms with E-state index in [1.807, 2.05) is 32.9 Å². The second-order valence-corrected chi connectivity index (χ2v) is 8.41. The Balaban J connectivity index is 1.55. The summed E-state index contributed by atoms with van der Waals surface area (Å²) in [5, 5.41) is 11.4. The predicted octanol–water partition coefficient (Wildman–Crippen LogP) is 1.81. The van der Waals surface area contributed by atoms with Gasteiger partial charge in [-0.25, -0.2) is 9.89 Å². The maximum absolute atomic E-state index is 11.3. The van der Waals surface area contributed by atoms with E-state index in [2.05, 4.69) is 26.3 Å². The molecule has 0 saturated heterocycles. The molecule has 0 amide bonds. The van der Waals surface area contributed by atoms with Crippen molar-refractivity contribution in [3.63, 3.8) is 0 Å². The van der Waals surface area contributed by atoms with Gasteiger partial charge in [0.1, 0.15) is 27.8 Å². The molecule has 0 saturated carbocycles. The normalized spacial score (nSPS) is 16.0. The first-order valence-electron chi connectivity index (χ1n) is 9.03. The SMILES string of the molecule is CCOc1cc(C)sc1C1=N[NH+](Cc2cc(OCC)c(-c3n[nH]c(=O)o3)s2)[N-]N1. The van der Waals surface area contributed by atoms with Gasteiger partial charge in [0, 0.05) is 10.9 Å². The minimum atomic E-state index is -0.604. The first kappa shape index (κ1) is 19.6. The Morgan fingerprint density at radius 3 is 2.62 bits per heavy atom. The summed E-state index contributed by atoms with van der Waals surface area (Å²) in [6.45, 7) is 7.46. The Morgan fingerprint density at radius 1 is 1.17 bits per heavy atom. The molecule has 4 heterocycles. The third-order valence-electron chi connectivity index (χ3n) is 3.88. The van der Waals surface area contributed by atoms with Gasteiger partial charge in [0.2, 0.25) is 0 Å². The second-order valence-electron chi connectivity index (χ2n) is 6.02. The zero-order valence-corrected chi connectivity index (χ0v) is 17.7. The topological polar surface area (TPSA) is 120 Å². The number of hydrogen-bond donors (Lipinski definition) is 3. The van der Waals surface area contributed by atoms with Gasteiger partial charge in [0.05, 0.1) is 18.1 Å². The van der Waals surface area contributed by atoms with E-state index < -0.39 is 5.76 Å². The molecule has 1 unspecified atom stereocenters. The fourth-order valence-corrected chi connectivity index (χ4v) is 4.72. The number of amidine groups is 1. The average molecular weight is 437 g/mol. The zero-order chi connectivity index (χ0) is 20.4. The molecule has 0 aromatic carbocycles. The fraction of sp³-hybridized carbons (Fsp3) is 0.353. The molecule has 154 valence electrons. The quantitative estimate of drug-likeness (QED) is 0.495. The molecule has 3 aromatic heterocycles. The van der Waals surface area contributed by atoms with Crippen LogP contribution >= 0.6 is 22.7 Å². The van der Waals surface area contributed by atoms with Crippen LogP contribution in [0.5, 0.6) is 11.5 Å². The van der Waals surface area contributed by atoms with Gasteiger partial charge in [-0.1, -0.05) is 5.10 Å². The van der Waals surface area contributed by atoms with Crippen LogP contribution in [0.15, 0.2) is 26.4 Å². The van der Waals surface area contributed by atoms with E-state index in [4.69, 9.17) is 13.9 Å². The van der Waals surface area contributed by atoms with Crippen molar-refractivity contribution >= 4 is 28.5 Å².